The standard InChI is InChI=1S/C17H14FN3O/c1-9-5-14(17(19)22)16(21-10(9)2)12-6-11-3-4-13(18)7-15(11)20-8-12/h3-8H,1-2H3,(H2,19,22). The number of hydrogen-bond donors (Lipinski definition) is 1. The molecule has 1 amide bonds. The maximum Gasteiger partial charge on any atom is 0.250 e. The second-order valence-electron chi connectivity index (χ2n) is 5.21. The average molecular weight is 295 g/mol. The molecule has 0 unspecified atom stereocenters. The number of rotatable bonds is 2. The number of carbonyl (C=O) groups excluding carboxylic acids is 1. The Hall–Kier alpha value is -2.82. The number of fused-ring (bicyclic) bond motifs is 1. The van der Waals surface area contributed by atoms with E-state index in [0.717, 1.165) is 16.6 Å². The van der Waals surface area contributed by atoms with E-state index in [9.17, 15) is 9.18 Å². The van der Waals surface area contributed by atoms with Crippen LogP contribution in [0.2, 0.25) is 0 Å². The number of nitrogens with zero attached hydrogens (tertiary/aromatic N) is 2. The van der Waals surface area contributed by atoms with Crippen molar-refractivity contribution in [3.05, 3.63) is 59.2 Å². The minimum atomic E-state index is -0.537. The Balaban J connectivity index is 2.24. The Morgan fingerprint density at radius 3 is 2.68 bits per heavy atom. The second kappa shape index (κ2) is 5.18. The van der Waals surface area contributed by atoms with Crippen LogP contribution in [0.3, 0.4) is 0 Å². The zero-order chi connectivity index (χ0) is 15.9. The molecule has 0 fully saturated rings. The fraction of sp³-hybridized carbons (Fsp3) is 0.118. The van der Waals surface area contributed by atoms with Gasteiger partial charge in [0.25, 0.3) is 5.91 Å². The predicted molar refractivity (Wildman–Crippen MR) is 82.9 cm³/mol. The van der Waals surface area contributed by atoms with E-state index in [1.54, 1.807) is 18.3 Å². The van der Waals surface area contributed by atoms with Gasteiger partial charge in [0.2, 0.25) is 0 Å². The van der Waals surface area contributed by atoms with Gasteiger partial charge in [-0.15, -0.1) is 0 Å². The summed E-state index contributed by atoms with van der Waals surface area (Å²) >= 11 is 0. The van der Waals surface area contributed by atoms with Gasteiger partial charge in [0, 0.05) is 28.9 Å². The van der Waals surface area contributed by atoms with Crippen LogP contribution in [0.5, 0.6) is 0 Å². The van der Waals surface area contributed by atoms with Gasteiger partial charge in [0.1, 0.15) is 5.82 Å². The van der Waals surface area contributed by atoms with Crippen LogP contribution >= 0.6 is 0 Å². The fourth-order valence-corrected chi connectivity index (χ4v) is 2.34. The SMILES string of the molecule is Cc1cc(C(N)=O)c(-c2cnc3cc(F)ccc3c2)nc1C. The molecule has 0 radical (unpaired) electrons. The third kappa shape index (κ3) is 2.41. The number of benzene rings is 1. The number of aromatic nitrogens is 2. The Bertz CT molecular complexity index is 906. The largest absolute Gasteiger partial charge is 0.366 e. The molecular weight excluding hydrogens is 281 g/mol. The van der Waals surface area contributed by atoms with Gasteiger partial charge in [-0.2, -0.15) is 0 Å². The van der Waals surface area contributed by atoms with Crippen molar-refractivity contribution in [1.29, 1.82) is 0 Å². The minimum absolute atomic E-state index is 0.338. The quantitative estimate of drug-likeness (QED) is 0.789. The lowest BCUT2D eigenvalue weighted by molar-refractivity contribution is 0.100. The van der Waals surface area contributed by atoms with E-state index in [0.29, 0.717) is 22.3 Å². The summed E-state index contributed by atoms with van der Waals surface area (Å²) in [6, 6.07) is 7.94. The number of hydrogen-bond acceptors (Lipinski definition) is 3. The second-order valence-corrected chi connectivity index (χ2v) is 5.21. The fourth-order valence-electron chi connectivity index (χ4n) is 2.34. The number of carbonyl (C=O) groups is 1. The van der Waals surface area contributed by atoms with Gasteiger partial charge in [-0.05, 0) is 43.7 Å². The number of nitrogens with two attached hydrogens (primary N) is 1. The molecule has 0 aliphatic heterocycles. The third-order valence-corrected chi connectivity index (χ3v) is 3.65. The molecular formula is C17H14FN3O. The first-order valence-corrected chi connectivity index (χ1v) is 6.79. The molecule has 0 saturated carbocycles. The molecule has 110 valence electrons. The van der Waals surface area contributed by atoms with E-state index in [-0.39, 0.29) is 5.82 Å². The van der Waals surface area contributed by atoms with Crippen molar-refractivity contribution in [1.82, 2.24) is 9.97 Å². The van der Waals surface area contributed by atoms with Gasteiger partial charge in [-0.25, -0.2) is 4.39 Å². The summed E-state index contributed by atoms with van der Waals surface area (Å²) in [7, 11) is 0. The van der Waals surface area contributed by atoms with Crippen molar-refractivity contribution in [2.45, 2.75) is 13.8 Å². The molecule has 1 aromatic carbocycles. The molecule has 5 heteroatoms. The van der Waals surface area contributed by atoms with Crippen LogP contribution in [-0.2, 0) is 0 Å². The Morgan fingerprint density at radius 2 is 1.95 bits per heavy atom. The maximum atomic E-state index is 13.2. The summed E-state index contributed by atoms with van der Waals surface area (Å²) < 4.78 is 13.2. The maximum absolute atomic E-state index is 13.2. The topological polar surface area (TPSA) is 68.9 Å². The number of primary amides is 1. The van der Waals surface area contributed by atoms with Crippen LogP contribution < -0.4 is 5.73 Å². The molecule has 0 bridgehead atoms. The van der Waals surface area contributed by atoms with E-state index >= 15 is 0 Å². The van der Waals surface area contributed by atoms with Gasteiger partial charge in [-0.3, -0.25) is 14.8 Å². The Morgan fingerprint density at radius 1 is 1.18 bits per heavy atom. The van der Waals surface area contributed by atoms with Crippen molar-refractivity contribution < 1.29 is 9.18 Å². The van der Waals surface area contributed by atoms with Gasteiger partial charge in [0.15, 0.2) is 0 Å². The van der Waals surface area contributed by atoms with Gasteiger partial charge in [0.05, 0.1) is 16.8 Å². The summed E-state index contributed by atoms with van der Waals surface area (Å²) in [4.78, 5) is 20.4. The predicted octanol–water partition coefficient (Wildman–Crippen LogP) is 3.15. The van der Waals surface area contributed by atoms with Crippen LogP contribution in [0.25, 0.3) is 22.2 Å². The van der Waals surface area contributed by atoms with Crippen molar-refractivity contribution in [2.75, 3.05) is 0 Å². The van der Waals surface area contributed by atoms with Gasteiger partial charge < -0.3 is 5.73 Å². The summed E-state index contributed by atoms with van der Waals surface area (Å²) in [5.41, 5.74) is 9.24. The van der Waals surface area contributed by atoms with Crippen molar-refractivity contribution in [3.8, 4) is 11.3 Å². The van der Waals surface area contributed by atoms with Gasteiger partial charge >= 0.3 is 0 Å². The van der Waals surface area contributed by atoms with Crippen LogP contribution in [0.4, 0.5) is 4.39 Å². The van der Waals surface area contributed by atoms with Crippen LogP contribution in [0.1, 0.15) is 21.6 Å². The molecule has 0 saturated heterocycles. The number of amides is 1. The summed E-state index contributed by atoms with van der Waals surface area (Å²) in [6.45, 7) is 3.74. The summed E-state index contributed by atoms with van der Waals surface area (Å²) in [5, 5.41) is 0.773. The number of halogens is 1. The van der Waals surface area contributed by atoms with Gasteiger partial charge in [-0.1, -0.05) is 0 Å². The average Bonchev–Trinajstić information content (AvgIpc) is 2.48. The first-order chi connectivity index (χ1) is 10.5. The Labute approximate surface area is 126 Å². The highest BCUT2D eigenvalue weighted by atomic mass is 19.1. The van der Waals surface area contributed by atoms with Crippen LogP contribution in [0.15, 0.2) is 36.5 Å². The van der Waals surface area contributed by atoms with E-state index in [1.165, 1.54) is 12.1 Å². The lowest BCUT2D eigenvalue weighted by atomic mass is 10.0. The lowest BCUT2D eigenvalue weighted by Gasteiger charge is -2.10. The van der Waals surface area contributed by atoms with Crippen molar-refractivity contribution in [3.63, 3.8) is 0 Å². The molecule has 0 atom stereocenters. The summed E-state index contributed by atoms with van der Waals surface area (Å²) in [5.74, 6) is -0.875. The molecule has 2 heterocycles. The first kappa shape index (κ1) is 14.1. The molecule has 3 aromatic rings. The zero-order valence-corrected chi connectivity index (χ0v) is 12.2. The van der Waals surface area contributed by atoms with Crippen LogP contribution in [-0.4, -0.2) is 15.9 Å². The van der Waals surface area contributed by atoms with Crippen molar-refractivity contribution >= 4 is 16.8 Å². The molecule has 0 aliphatic rings. The first-order valence-electron chi connectivity index (χ1n) is 6.79. The monoisotopic (exact) mass is 295 g/mol. The van der Waals surface area contributed by atoms with Crippen LogP contribution in [0, 0.1) is 19.7 Å². The minimum Gasteiger partial charge on any atom is -0.366 e. The molecule has 0 aliphatic carbocycles. The van der Waals surface area contributed by atoms with E-state index in [1.807, 2.05) is 19.9 Å². The Kier molecular flexibility index (Phi) is 3.33. The zero-order valence-electron chi connectivity index (χ0n) is 12.2. The molecule has 22 heavy (non-hydrogen) atoms. The molecule has 0 spiro atoms. The van der Waals surface area contributed by atoms with E-state index in [2.05, 4.69) is 9.97 Å². The highest BCUT2D eigenvalue weighted by Crippen LogP contribution is 2.26. The highest BCUT2D eigenvalue weighted by Gasteiger charge is 2.14. The van der Waals surface area contributed by atoms with E-state index in [4.69, 9.17) is 5.73 Å². The molecule has 4 nitrogen and oxygen atoms in total. The third-order valence-electron chi connectivity index (χ3n) is 3.65. The molecule has 2 N–H and O–H groups in total. The summed E-state index contributed by atoms with van der Waals surface area (Å²) in [6.07, 6.45) is 1.57. The highest BCUT2D eigenvalue weighted by molar-refractivity contribution is 5.99. The normalized spacial score (nSPS) is 10.9. The molecule has 2 aromatic heterocycles. The lowest BCUT2D eigenvalue weighted by Crippen LogP contribution is -2.14. The smallest absolute Gasteiger partial charge is 0.250 e. The number of pyridine rings is 2. The van der Waals surface area contributed by atoms with E-state index < -0.39 is 5.91 Å². The number of aryl methyl sites for hydroxylation is 2. The van der Waals surface area contributed by atoms with Crippen molar-refractivity contribution in [2.24, 2.45) is 5.73 Å². The molecule has 3 rings (SSSR count).